The molecule has 0 aliphatic heterocycles. The maximum atomic E-state index is 11.8. The van der Waals surface area contributed by atoms with Crippen LogP contribution in [0.5, 0.6) is 0 Å². The average Bonchev–Trinajstić information content (AvgIpc) is 2.35. The Morgan fingerprint density at radius 1 is 1.17 bits per heavy atom. The number of rotatable bonds is 6. The molecule has 0 aliphatic carbocycles. The lowest BCUT2D eigenvalue weighted by molar-refractivity contribution is -0.123. The third-order valence-electron chi connectivity index (χ3n) is 2.92. The predicted octanol–water partition coefficient (Wildman–Crippen LogP) is 2.25. The molecule has 0 aliphatic rings. The summed E-state index contributed by atoms with van der Waals surface area (Å²) in [6.07, 6.45) is 1.02. The number of carbonyl (C=O) groups excluding carboxylic acids is 1. The number of hydrogen-bond donors (Lipinski definition) is 2. The molecule has 100 valence electrons. The first-order valence-corrected chi connectivity index (χ1v) is 6.65. The summed E-state index contributed by atoms with van der Waals surface area (Å²) in [5.74, 6) is 0.0546. The van der Waals surface area contributed by atoms with Crippen LogP contribution < -0.4 is 10.6 Å². The minimum atomic E-state index is -0.169. The van der Waals surface area contributed by atoms with Crippen LogP contribution >= 0.6 is 0 Å². The highest BCUT2D eigenvalue weighted by Crippen LogP contribution is 2.09. The zero-order chi connectivity index (χ0) is 13.5. The van der Waals surface area contributed by atoms with E-state index in [1.807, 2.05) is 26.8 Å². The van der Waals surface area contributed by atoms with Crippen LogP contribution in [0.3, 0.4) is 0 Å². The monoisotopic (exact) mass is 248 g/mol. The number of amides is 1. The minimum Gasteiger partial charge on any atom is -0.353 e. The normalized spacial score (nSPS) is 12.5. The number of aryl methyl sites for hydroxylation is 1. The molecule has 0 radical (unpaired) electrons. The van der Waals surface area contributed by atoms with Crippen molar-refractivity contribution in [3.8, 4) is 0 Å². The molecule has 0 spiro atoms. The summed E-state index contributed by atoms with van der Waals surface area (Å²) in [5.41, 5.74) is 2.60. The van der Waals surface area contributed by atoms with Gasteiger partial charge in [0.2, 0.25) is 5.91 Å². The van der Waals surface area contributed by atoms with E-state index < -0.39 is 0 Å². The van der Waals surface area contributed by atoms with E-state index in [4.69, 9.17) is 0 Å². The lowest BCUT2D eigenvalue weighted by atomic mass is 10.1. The minimum absolute atomic E-state index is 0.0546. The third-order valence-corrected chi connectivity index (χ3v) is 2.92. The van der Waals surface area contributed by atoms with Crippen LogP contribution in [0.15, 0.2) is 24.3 Å². The highest BCUT2D eigenvalue weighted by Gasteiger charge is 2.13. The van der Waals surface area contributed by atoms with Gasteiger partial charge in [-0.05, 0) is 38.3 Å². The number of carbonyl (C=O) groups is 1. The SMILES string of the molecule is CCc1ccccc1CNC(C)C(=O)NC(C)C. The summed E-state index contributed by atoms with van der Waals surface area (Å²) in [5, 5.41) is 6.17. The quantitative estimate of drug-likeness (QED) is 0.810. The van der Waals surface area contributed by atoms with Crippen LogP contribution in [0.25, 0.3) is 0 Å². The van der Waals surface area contributed by atoms with Gasteiger partial charge in [0.05, 0.1) is 6.04 Å². The van der Waals surface area contributed by atoms with Gasteiger partial charge in [-0.2, -0.15) is 0 Å². The Morgan fingerprint density at radius 2 is 1.78 bits per heavy atom. The van der Waals surface area contributed by atoms with Gasteiger partial charge in [0.15, 0.2) is 0 Å². The van der Waals surface area contributed by atoms with Gasteiger partial charge in [0.25, 0.3) is 0 Å². The Kier molecular flexibility index (Phi) is 5.86. The third kappa shape index (κ3) is 4.49. The van der Waals surface area contributed by atoms with Crippen molar-refractivity contribution in [2.45, 2.75) is 52.7 Å². The molecule has 0 bridgehead atoms. The largest absolute Gasteiger partial charge is 0.353 e. The summed E-state index contributed by atoms with van der Waals surface area (Å²) in [4.78, 5) is 11.8. The van der Waals surface area contributed by atoms with E-state index >= 15 is 0 Å². The summed E-state index contributed by atoms with van der Waals surface area (Å²) >= 11 is 0. The van der Waals surface area contributed by atoms with Gasteiger partial charge in [-0.15, -0.1) is 0 Å². The molecule has 1 amide bonds. The van der Waals surface area contributed by atoms with Crippen molar-refractivity contribution in [2.24, 2.45) is 0 Å². The first-order chi connectivity index (χ1) is 8.54. The Hall–Kier alpha value is -1.35. The van der Waals surface area contributed by atoms with Gasteiger partial charge in [-0.25, -0.2) is 0 Å². The fourth-order valence-corrected chi connectivity index (χ4v) is 1.84. The molecular formula is C15H24N2O. The molecule has 0 heterocycles. The fourth-order valence-electron chi connectivity index (χ4n) is 1.84. The van der Waals surface area contributed by atoms with Crippen LogP contribution in [-0.4, -0.2) is 18.0 Å². The molecule has 0 aromatic heterocycles. The molecule has 1 atom stereocenters. The molecule has 18 heavy (non-hydrogen) atoms. The van der Waals surface area contributed by atoms with Gasteiger partial charge < -0.3 is 10.6 Å². The van der Waals surface area contributed by atoms with Crippen molar-refractivity contribution in [1.29, 1.82) is 0 Å². The molecule has 1 aromatic rings. The predicted molar refractivity (Wildman–Crippen MR) is 75.4 cm³/mol. The molecular weight excluding hydrogens is 224 g/mol. The van der Waals surface area contributed by atoms with Crippen molar-refractivity contribution in [2.75, 3.05) is 0 Å². The lowest BCUT2D eigenvalue weighted by Crippen LogP contribution is -2.44. The summed E-state index contributed by atoms with van der Waals surface area (Å²) in [6.45, 7) is 8.71. The van der Waals surface area contributed by atoms with Gasteiger partial charge in [-0.1, -0.05) is 31.2 Å². The fraction of sp³-hybridized carbons (Fsp3) is 0.533. The van der Waals surface area contributed by atoms with Crippen LogP contribution in [0.2, 0.25) is 0 Å². The molecule has 1 rings (SSSR count). The second-order valence-corrected chi connectivity index (χ2v) is 4.89. The van der Waals surface area contributed by atoms with Gasteiger partial charge in [-0.3, -0.25) is 4.79 Å². The highest BCUT2D eigenvalue weighted by atomic mass is 16.2. The van der Waals surface area contributed by atoms with E-state index in [1.165, 1.54) is 11.1 Å². The average molecular weight is 248 g/mol. The van der Waals surface area contributed by atoms with Crippen molar-refractivity contribution < 1.29 is 4.79 Å². The first-order valence-electron chi connectivity index (χ1n) is 6.65. The molecule has 3 nitrogen and oxygen atoms in total. The van der Waals surface area contributed by atoms with Gasteiger partial charge in [0.1, 0.15) is 0 Å². The van der Waals surface area contributed by atoms with Crippen molar-refractivity contribution >= 4 is 5.91 Å². The lowest BCUT2D eigenvalue weighted by Gasteiger charge is -2.17. The summed E-state index contributed by atoms with van der Waals surface area (Å²) < 4.78 is 0. The van der Waals surface area contributed by atoms with E-state index in [1.54, 1.807) is 0 Å². The van der Waals surface area contributed by atoms with Gasteiger partial charge in [0, 0.05) is 12.6 Å². The van der Waals surface area contributed by atoms with Crippen LogP contribution in [0.4, 0.5) is 0 Å². The zero-order valence-corrected chi connectivity index (χ0v) is 11.8. The van der Waals surface area contributed by atoms with Crippen molar-refractivity contribution in [3.05, 3.63) is 35.4 Å². The molecule has 0 saturated heterocycles. The van der Waals surface area contributed by atoms with Crippen LogP contribution in [0, 0.1) is 0 Å². The second-order valence-electron chi connectivity index (χ2n) is 4.89. The summed E-state index contributed by atoms with van der Waals surface area (Å²) in [7, 11) is 0. The smallest absolute Gasteiger partial charge is 0.237 e. The molecule has 0 fully saturated rings. The van der Waals surface area contributed by atoms with Gasteiger partial charge >= 0.3 is 0 Å². The standard InChI is InChI=1S/C15H24N2O/c1-5-13-8-6-7-9-14(13)10-16-12(4)15(18)17-11(2)3/h6-9,11-12,16H,5,10H2,1-4H3,(H,17,18). The second kappa shape index (κ2) is 7.17. The first kappa shape index (κ1) is 14.7. The van der Waals surface area contributed by atoms with E-state index in [0.29, 0.717) is 0 Å². The Morgan fingerprint density at radius 3 is 2.33 bits per heavy atom. The highest BCUT2D eigenvalue weighted by molar-refractivity contribution is 5.81. The Labute approximate surface area is 110 Å². The summed E-state index contributed by atoms with van der Waals surface area (Å²) in [6, 6.07) is 8.35. The van der Waals surface area contributed by atoms with Crippen molar-refractivity contribution in [3.63, 3.8) is 0 Å². The topological polar surface area (TPSA) is 41.1 Å². The molecule has 3 heteroatoms. The Balaban J connectivity index is 2.51. The maximum Gasteiger partial charge on any atom is 0.237 e. The van der Waals surface area contributed by atoms with E-state index in [9.17, 15) is 4.79 Å². The zero-order valence-electron chi connectivity index (χ0n) is 11.8. The Bertz CT molecular complexity index is 388. The maximum absolute atomic E-state index is 11.8. The number of hydrogen-bond acceptors (Lipinski definition) is 2. The van der Waals surface area contributed by atoms with E-state index in [2.05, 4.69) is 35.8 Å². The molecule has 2 N–H and O–H groups in total. The molecule has 0 saturated carbocycles. The van der Waals surface area contributed by atoms with E-state index in [-0.39, 0.29) is 18.0 Å². The van der Waals surface area contributed by atoms with Crippen molar-refractivity contribution in [1.82, 2.24) is 10.6 Å². The van der Waals surface area contributed by atoms with E-state index in [0.717, 1.165) is 13.0 Å². The van der Waals surface area contributed by atoms with Crippen LogP contribution in [0.1, 0.15) is 38.8 Å². The molecule has 1 unspecified atom stereocenters. The number of benzene rings is 1. The number of nitrogens with one attached hydrogen (secondary N) is 2. The van der Waals surface area contributed by atoms with Crippen LogP contribution in [-0.2, 0) is 17.8 Å². The molecule has 1 aromatic carbocycles.